The van der Waals surface area contributed by atoms with Gasteiger partial charge < -0.3 is 25.0 Å². The molecule has 3 aromatic rings. The zero-order valence-electron chi connectivity index (χ0n) is 23.6. The van der Waals surface area contributed by atoms with Crippen LogP contribution in [-0.2, 0) is 9.53 Å². The number of para-hydroxylation sites is 1. The van der Waals surface area contributed by atoms with Gasteiger partial charge in [-0.1, -0.05) is 18.2 Å². The maximum Gasteiger partial charge on any atom is 0.269 e. The molecular weight excluding hydrogens is 544 g/mol. The summed E-state index contributed by atoms with van der Waals surface area (Å²) in [5.41, 5.74) is 3.44. The van der Waals surface area contributed by atoms with Crippen molar-refractivity contribution in [3.05, 3.63) is 65.9 Å². The van der Waals surface area contributed by atoms with Gasteiger partial charge in [-0.3, -0.25) is 14.7 Å². The van der Waals surface area contributed by atoms with Crippen molar-refractivity contribution in [2.75, 3.05) is 32.7 Å². The molecule has 1 saturated carbocycles. The third-order valence-corrected chi connectivity index (χ3v) is 8.88. The van der Waals surface area contributed by atoms with E-state index in [9.17, 15) is 18.4 Å². The Bertz CT molecular complexity index is 1450. The molecule has 6 rings (SSSR count). The number of hydrogen-bond donors (Lipinski definition) is 3. The number of carbonyl (C=O) groups is 2. The van der Waals surface area contributed by atoms with Crippen molar-refractivity contribution in [1.29, 1.82) is 0 Å². The molecule has 2 aliphatic heterocycles. The number of nitrogens with one attached hydrogen (secondary N) is 3. The van der Waals surface area contributed by atoms with E-state index in [4.69, 9.17) is 9.47 Å². The van der Waals surface area contributed by atoms with Gasteiger partial charge in [-0.25, -0.2) is 8.78 Å². The highest BCUT2D eigenvalue weighted by Gasteiger charge is 2.51. The maximum absolute atomic E-state index is 14.8. The molecule has 0 radical (unpaired) electrons. The monoisotopic (exact) mass is 579 g/mol. The quantitative estimate of drug-likeness (QED) is 0.376. The Balaban J connectivity index is 1.22. The lowest BCUT2D eigenvalue weighted by molar-refractivity contribution is -0.146. The number of likely N-dealkylation sites (tertiary alicyclic amines) is 1. The molecule has 1 aromatic heterocycles. The molecule has 1 saturated heterocycles. The van der Waals surface area contributed by atoms with Crippen LogP contribution in [0.1, 0.15) is 47.8 Å². The number of nitrogens with zero attached hydrogens (tertiary/aromatic N) is 2. The fourth-order valence-corrected chi connectivity index (χ4v) is 6.79. The minimum absolute atomic E-state index is 0.000990. The van der Waals surface area contributed by atoms with Gasteiger partial charge in [-0.05, 0) is 54.8 Å². The second-order valence-electron chi connectivity index (χ2n) is 11.4. The van der Waals surface area contributed by atoms with Crippen LogP contribution in [0.2, 0.25) is 0 Å². The molecule has 2 amide bonds. The molecule has 42 heavy (non-hydrogen) atoms. The first-order valence-corrected chi connectivity index (χ1v) is 14.3. The van der Waals surface area contributed by atoms with Crippen LogP contribution in [0.3, 0.4) is 0 Å². The van der Waals surface area contributed by atoms with Crippen LogP contribution in [0.5, 0.6) is 5.75 Å². The Morgan fingerprint density at radius 1 is 1.12 bits per heavy atom. The summed E-state index contributed by atoms with van der Waals surface area (Å²) in [5, 5.41) is 13.4. The number of alkyl halides is 2. The zero-order chi connectivity index (χ0) is 29.4. The lowest BCUT2D eigenvalue weighted by atomic mass is 9.79. The maximum atomic E-state index is 14.8. The van der Waals surface area contributed by atoms with E-state index in [-0.39, 0.29) is 36.0 Å². The standard InChI is InChI=1S/C31H35F2N5O4/c1-41-17-27-21-12-14-38(28(21)20-5-3-4-6-23(20)34-27)30(40)22-16-31(32,33)13-11-24(22)35-29(39)26-15-25(36-37-26)18-7-9-19(42-2)10-8-18/h3-10,15,21-22,24,27-28,34H,11-14,16-17H2,1-2H3,(H,35,39)(H,36,37)/t21-,22+,24-,27+,28+/m1/s1. The Kier molecular flexibility index (Phi) is 7.61. The fraction of sp³-hybridized carbons (Fsp3) is 0.452. The van der Waals surface area contributed by atoms with Crippen molar-refractivity contribution in [3.8, 4) is 17.0 Å². The summed E-state index contributed by atoms with van der Waals surface area (Å²) < 4.78 is 40.2. The summed E-state index contributed by atoms with van der Waals surface area (Å²) in [7, 11) is 3.22. The molecule has 3 aliphatic rings. The molecule has 2 aromatic carbocycles. The third kappa shape index (κ3) is 5.33. The molecule has 0 spiro atoms. The largest absolute Gasteiger partial charge is 0.497 e. The molecule has 9 nitrogen and oxygen atoms in total. The number of fused-ring (bicyclic) bond motifs is 3. The lowest BCUT2D eigenvalue weighted by Crippen LogP contribution is -2.53. The van der Waals surface area contributed by atoms with E-state index in [0.29, 0.717) is 24.6 Å². The molecule has 3 heterocycles. The van der Waals surface area contributed by atoms with Crippen molar-refractivity contribution in [2.24, 2.45) is 11.8 Å². The van der Waals surface area contributed by atoms with Crippen molar-refractivity contribution in [3.63, 3.8) is 0 Å². The van der Waals surface area contributed by atoms with Gasteiger partial charge in [0, 0.05) is 49.7 Å². The number of benzene rings is 2. The molecule has 3 N–H and O–H groups in total. The Morgan fingerprint density at radius 3 is 2.67 bits per heavy atom. The van der Waals surface area contributed by atoms with Crippen LogP contribution in [0.4, 0.5) is 14.5 Å². The fourth-order valence-electron chi connectivity index (χ4n) is 6.79. The normalized spacial score (nSPS) is 26.1. The summed E-state index contributed by atoms with van der Waals surface area (Å²) in [6.07, 6.45) is -0.266. The molecule has 0 bridgehead atoms. The van der Waals surface area contributed by atoms with E-state index in [1.807, 2.05) is 36.4 Å². The first-order chi connectivity index (χ1) is 20.3. The minimum Gasteiger partial charge on any atom is -0.497 e. The highest BCUT2D eigenvalue weighted by atomic mass is 19.3. The average molecular weight is 580 g/mol. The SMILES string of the molecule is COC[C@@H]1Nc2ccccc2[C@H]2[C@@H]1CCN2C(=O)[C@H]1CC(F)(F)CC[C@H]1NC(=O)c1cc(-c2ccc(OC)cc2)n[nH]1. The number of H-pyrrole nitrogens is 1. The zero-order valence-corrected chi connectivity index (χ0v) is 23.6. The highest BCUT2D eigenvalue weighted by Crippen LogP contribution is 2.48. The number of hydrogen-bond acceptors (Lipinski definition) is 6. The Labute approximate surface area is 243 Å². The first-order valence-electron chi connectivity index (χ1n) is 14.3. The van der Waals surface area contributed by atoms with Crippen LogP contribution in [0, 0.1) is 11.8 Å². The Hall–Kier alpha value is -3.99. The second kappa shape index (κ2) is 11.4. The second-order valence-corrected chi connectivity index (χ2v) is 11.4. The van der Waals surface area contributed by atoms with Gasteiger partial charge in [0.15, 0.2) is 0 Å². The van der Waals surface area contributed by atoms with Crippen LogP contribution in [0.15, 0.2) is 54.6 Å². The first kappa shape index (κ1) is 28.1. The molecule has 0 unspecified atom stereocenters. The van der Waals surface area contributed by atoms with Crippen LogP contribution >= 0.6 is 0 Å². The molecule has 5 atom stereocenters. The number of halogens is 2. The summed E-state index contributed by atoms with van der Waals surface area (Å²) in [6, 6.07) is 15.7. The molecule has 11 heteroatoms. The number of aromatic nitrogens is 2. The van der Waals surface area contributed by atoms with E-state index in [0.717, 1.165) is 23.2 Å². The van der Waals surface area contributed by atoms with Crippen LogP contribution in [0.25, 0.3) is 11.3 Å². The van der Waals surface area contributed by atoms with E-state index in [2.05, 4.69) is 20.8 Å². The molecule has 2 fully saturated rings. The van der Waals surface area contributed by atoms with Crippen LogP contribution in [-0.4, -0.2) is 72.3 Å². The van der Waals surface area contributed by atoms with Crippen LogP contribution < -0.4 is 15.4 Å². The van der Waals surface area contributed by atoms with Crippen molar-refractivity contribution in [2.45, 2.75) is 49.7 Å². The van der Waals surface area contributed by atoms with Crippen molar-refractivity contribution < 1.29 is 27.8 Å². The smallest absolute Gasteiger partial charge is 0.269 e. The van der Waals surface area contributed by atoms with Gasteiger partial charge in [0.1, 0.15) is 11.4 Å². The molecular formula is C31H35F2N5O4. The van der Waals surface area contributed by atoms with Gasteiger partial charge in [0.25, 0.3) is 5.91 Å². The lowest BCUT2D eigenvalue weighted by Gasteiger charge is -2.42. The number of aromatic amines is 1. The van der Waals surface area contributed by atoms with Gasteiger partial charge in [0.2, 0.25) is 11.8 Å². The predicted octanol–water partition coefficient (Wildman–Crippen LogP) is 4.65. The summed E-state index contributed by atoms with van der Waals surface area (Å²) in [5.74, 6) is -4.08. The summed E-state index contributed by atoms with van der Waals surface area (Å²) in [4.78, 5) is 29.2. The number of ether oxygens (including phenoxy) is 2. The van der Waals surface area contributed by atoms with Gasteiger partial charge >= 0.3 is 0 Å². The van der Waals surface area contributed by atoms with Gasteiger partial charge in [0.05, 0.1) is 37.4 Å². The number of rotatable bonds is 7. The van der Waals surface area contributed by atoms with Crippen molar-refractivity contribution in [1.82, 2.24) is 20.4 Å². The highest BCUT2D eigenvalue weighted by molar-refractivity contribution is 5.94. The summed E-state index contributed by atoms with van der Waals surface area (Å²) >= 11 is 0. The van der Waals surface area contributed by atoms with E-state index in [1.165, 1.54) is 0 Å². The van der Waals surface area contributed by atoms with Crippen molar-refractivity contribution >= 4 is 17.5 Å². The molecule has 222 valence electrons. The topological polar surface area (TPSA) is 109 Å². The minimum atomic E-state index is -2.99. The number of carbonyl (C=O) groups excluding carboxylic acids is 2. The number of amides is 2. The number of anilines is 1. The summed E-state index contributed by atoms with van der Waals surface area (Å²) in [6.45, 7) is 0.930. The van der Waals surface area contributed by atoms with Gasteiger partial charge in [-0.15, -0.1) is 0 Å². The average Bonchev–Trinajstić information content (AvgIpc) is 3.67. The van der Waals surface area contributed by atoms with E-state index in [1.54, 1.807) is 37.3 Å². The molecule has 1 aliphatic carbocycles. The van der Waals surface area contributed by atoms with E-state index < -0.39 is 36.6 Å². The van der Waals surface area contributed by atoms with E-state index >= 15 is 0 Å². The number of methoxy groups -OCH3 is 2. The Morgan fingerprint density at radius 2 is 1.90 bits per heavy atom. The van der Waals surface area contributed by atoms with Gasteiger partial charge in [-0.2, -0.15) is 5.10 Å². The third-order valence-electron chi connectivity index (χ3n) is 8.88. The predicted molar refractivity (Wildman–Crippen MR) is 152 cm³/mol.